The number of nitrogens with one attached hydrogen (secondary N) is 1. The number of fused-ring (bicyclic) bond motifs is 1. The fourth-order valence-corrected chi connectivity index (χ4v) is 4.30. The van der Waals surface area contributed by atoms with Gasteiger partial charge in [-0.25, -0.2) is 9.37 Å². The number of thiazole rings is 1. The molecule has 0 saturated carbocycles. The van der Waals surface area contributed by atoms with E-state index in [2.05, 4.69) is 22.4 Å². The van der Waals surface area contributed by atoms with Crippen molar-refractivity contribution >= 4 is 22.4 Å². The van der Waals surface area contributed by atoms with Crippen LogP contribution >= 0.6 is 11.3 Å². The molecule has 2 heterocycles. The maximum Gasteiger partial charge on any atom is 0.219 e. The minimum atomic E-state index is -0.279. The topological polar surface area (TPSA) is 45.2 Å². The molecule has 4 nitrogen and oxygen atoms in total. The van der Waals surface area contributed by atoms with E-state index in [9.17, 15) is 9.18 Å². The number of hydrogen-bond donors (Lipinski definition) is 1. The van der Waals surface area contributed by atoms with Gasteiger partial charge in [0.05, 0.1) is 10.9 Å². The SMILES string of the molecule is CC(=O)N1CCC(Nc2ncc(-c3ccccc3)s2)c2ccc(F)cc2C1. The van der Waals surface area contributed by atoms with Gasteiger partial charge < -0.3 is 10.2 Å². The van der Waals surface area contributed by atoms with Gasteiger partial charge in [-0.1, -0.05) is 47.7 Å². The van der Waals surface area contributed by atoms with Crippen molar-refractivity contribution in [3.8, 4) is 10.4 Å². The molecule has 0 spiro atoms. The summed E-state index contributed by atoms with van der Waals surface area (Å²) in [5, 5.41) is 4.32. The normalized spacial score (nSPS) is 16.5. The molecule has 1 aromatic heterocycles. The number of anilines is 1. The maximum atomic E-state index is 13.8. The molecule has 0 aliphatic carbocycles. The van der Waals surface area contributed by atoms with Gasteiger partial charge in [0.2, 0.25) is 5.91 Å². The van der Waals surface area contributed by atoms with Crippen LogP contribution in [0.15, 0.2) is 54.7 Å². The van der Waals surface area contributed by atoms with Gasteiger partial charge in [-0.3, -0.25) is 4.79 Å². The monoisotopic (exact) mass is 381 g/mol. The highest BCUT2D eigenvalue weighted by Crippen LogP contribution is 2.34. The molecule has 0 saturated heterocycles. The van der Waals surface area contributed by atoms with Gasteiger partial charge in [-0.05, 0) is 35.2 Å². The first-order valence-electron chi connectivity index (χ1n) is 8.92. The van der Waals surface area contributed by atoms with Crippen molar-refractivity contribution in [1.82, 2.24) is 9.88 Å². The smallest absolute Gasteiger partial charge is 0.219 e. The van der Waals surface area contributed by atoms with Gasteiger partial charge in [0.1, 0.15) is 5.82 Å². The number of amides is 1. The highest BCUT2D eigenvalue weighted by molar-refractivity contribution is 7.18. The molecule has 1 aliphatic rings. The minimum absolute atomic E-state index is 0.00599. The Morgan fingerprint density at radius 2 is 2.07 bits per heavy atom. The summed E-state index contributed by atoms with van der Waals surface area (Å²) in [5.41, 5.74) is 3.01. The summed E-state index contributed by atoms with van der Waals surface area (Å²) in [4.78, 5) is 19.2. The molecule has 4 rings (SSSR count). The number of carbonyl (C=O) groups is 1. The van der Waals surface area contributed by atoms with Crippen molar-refractivity contribution in [2.75, 3.05) is 11.9 Å². The lowest BCUT2D eigenvalue weighted by Gasteiger charge is -2.19. The van der Waals surface area contributed by atoms with Crippen molar-refractivity contribution in [1.29, 1.82) is 0 Å². The summed E-state index contributed by atoms with van der Waals surface area (Å²) >= 11 is 1.59. The molecule has 1 N–H and O–H groups in total. The average molecular weight is 381 g/mol. The lowest BCUT2D eigenvalue weighted by molar-refractivity contribution is -0.129. The van der Waals surface area contributed by atoms with Crippen LogP contribution in [0, 0.1) is 5.82 Å². The quantitative estimate of drug-likeness (QED) is 0.705. The Morgan fingerprint density at radius 1 is 1.26 bits per heavy atom. The Kier molecular flexibility index (Phi) is 4.90. The first-order valence-corrected chi connectivity index (χ1v) is 9.73. The Hall–Kier alpha value is -2.73. The molecule has 138 valence electrons. The summed E-state index contributed by atoms with van der Waals surface area (Å²) < 4.78 is 13.8. The first-order chi connectivity index (χ1) is 13.1. The second-order valence-electron chi connectivity index (χ2n) is 6.66. The predicted octanol–water partition coefficient (Wildman–Crippen LogP) is 4.85. The van der Waals surface area contributed by atoms with E-state index in [-0.39, 0.29) is 17.8 Å². The summed E-state index contributed by atoms with van der Waals surface area (Å²) in [6, 6.07) is 14.9. The third-order valence-corrected chi connectivity index (χ3v) is 5.81. The molecule has 6 heteroatoms. The minimum Gasteiger partial charge on any atom is -0.355 e. The highest BCUT2D eigenvalue weighted by atomic mass is 32.1. The Bertz CT molecular complexity index is 957. The molecular formula is C21H20FN3OS. The molecule has 0 bridgehead atoms. The molecule has 1 aliphatic heterocycles. The Balaban J connectivity index is 1.61. The molecule has 27 heavy (non-hydrogen) atoms. The van der Waals surface area contributed by atoms with E-state index in [4.69, 9.17) is 0 Å². The number of rotatable bonds is 3. The maximum absolute atomic E-state index is 13.8. The van der Waals surface area contributed by atoms with Crippen molar-refractivity contribution in [3.63, 3.8) is 0 Å². The van der Waals surface area contributed by atoms with Gasteiger partial charge in [0.25, 0.3) is 0 Å². The predicted molar refractivity (Wildman–Crippen MR) is 106 cm³/mol. The summed E-state index contributed by atoms with van der Waals surface area (Å²) in [6.07, 6.45) is 2.62. The molecule has 2 aromatic carbocycles. The van der Waals surface area contributed by atoms with Crippen molar-refractivity contribution in [2.24, 2.45) is 0 Å². The van der Waals surface area contributed by atoms with E-state index in [1.165, 1.54) is 12.1 Å². The van der Waals surface area contributed by atoms with Crippen LogP contribution in [0.5, 0.6) is 0 Å². The Morgan fingerprint density at radius 3 is 2.85 bits per heavy atom. The highest BCUT2D eigenvalue weighted by Gasteiger charge is 2.24. The number of nitrogens with zero attached hydrogens (tertiary/aromatic N) is 2. The van der Waals surface area contributed by atoms with Crippen molar-refractivity contribution < 1.29 is 9.18 Å². The zero-order valence-electron chi connectivity index (χ0n) is 15.0. The second-order valence-corrected chi connectivity index (χ2v) is 7.70. The number of aromatic nitrogens is 1. The van der Waals surface area contributed by atoms with Crippen molar-refractivity contribution in [2.45, 2.75) is 25.9 Å². The number of benzene rings is 2. The molecule has 0 fully saturated rings. The van der Waals surface area contributed by atoms with Crippen LogP contribution in [0.2, 0.25) is 0 Å². The van der Waals surface area contributed by atoms with Crippen LogP contribution in [0.3, 0.4) is 0 Å². The summed E-state index contributed by atoms with van der Waals surface area (Å²) in [7, 11) is 0. The van der Waals surface area contributed by atoms with E-state index in [1.807, 2.05) is 30.5 Å². The lowest BCUT2D eigenvalue weighted by Crippen LogP contribution is -2.28. The van der Waals surface area contributed by atoms with Crippen LogP contribution in [0.1, 0.15) is 30.5 Å². The van der Waals surface area contributed by atoms with Crippen molar-refractivity contribution in [3.05, 3.63) is 71.7 Å². The summed E-state index contributed by atoms with van der Waals surface area (Å²) in [5.74, 6) is -0.273. The van der Waals surface area contributed by atoms with Crippen LogP contribution in [0.25, 0.3) is 10.4 Å². The van der Waals surface area contributed by atoms with E-state index in [1.54, 1.807) is 23.2 Å². The van der Waals surface area contributed by atoms with E-state index in [0.717, 1.165) is 33.1 Å². The molecule has 1 unspecified atom stereocenters. The fraction of sp³-hybridized carbons (Fsp3) is 0.238. The molecule has 3 aromatic rings. The van der Waals surface area contributed by atoms with E-state index >= 15 is 0 Å². The standard InChI is InChI=1S/C21H20FN3OS/c1-14(26)25-10-9-19(18-8-7-17(22)11-16(18)13-25)24-21-23-12-20(27-21)15-5-3-2-4-6-15/h2-8,11-12,19H,9-10,13H2,1H3,(H,23,24). The molecule has 1 amide bonds. The second kappa shape index (κ2) is 7.48. The van der Waals surface area contributed by atoms with Gasteiger partial charge in [-0.15, -0.1) is 0 Å². The molecule has 1 atom stereocenters. The van der Waals surface area contributed by atoms with Gasteiger partial charge in [-0.2, -0.15) is 0 Å². The van der Waals surface area contributed by atoms with Crippen LogP contribution < -0.4 is 5.32 Å². The van der Waals surface area contributed by atoms with Crippen LogP contribution in [-0.2, 0) is 11.3 Å². The third kappa shape index (κ3) is 3.85. The summed E-state index contributed by atoms with van der Waals surface area (Å²) in [6.45, 7) is 2.62. The van der Waals surface area contributed by atoms with E-state index in [0.29, 0.717) is 13.1 Å². The van der Waals surface area contributed by atoms with Crippen LogP contribution in [-0.4, -0.2) is 22.3 Å². The molecule has 0 radical (unpaired) electrons. The van der Waals surface area contributed by atoms with Gasteiger partial charge >= 0.3 is 0 Å². The molecular weight excluding hydrogens is 361 g/mol. The Labute approximate surface area is 161 Å². The number of hydrogen-bond acceptors (Lipinski definition) is 4. The van der Waals surface area contributed by atoms with E-state index < -0.39 is 0 Å². The first kappa shape index (κ1) is 17.7. The number of halogens is 1. The third-order valence-electron chi connectivity index (χ3n) is 4.84. The zero-order valence-corrected chi connectivity index (χ0v) is 15.8. The van der Waals surface area contributed by atoms with Crippen LogP contribution in [0.4, 0.5) is 9.52 Å². The van der Waals surface area contributed by atoms with Gasteiger partial charge in [0.15, 0.2) is 5.13 Å². The largest absolute Gasteiger partial charge is 0.355 e. The van der Waals surface area contributed by atoms with Gasteiger partial charge in [0, 0.05) is 26.2 Å². The zero-order chi connectivity index (χ0) is 18.8. The number of carbonyl (C=O) groups excluding carboxylic acids is 1. The lowest BCUT2D eigenvalue weighted by atomic mass is 9.99. The fourth-order valence-electron chi connectivity index (χ4n) is 3.42. The average Bonchev–Trinajstić information content (AvgIpc) is 3.05.